The molecule has 0 spiro atoms. The number of benzene rings is 1. The number of thioether (sulfide) groups is 1. The molecule has 74 valence electrons. The molecule has 0 radical (unpaired) electrons. The van der Waals surface area contributed by atoms with Crippen LogP contribution in [0.3, 0.4) is 0 Å². The van der Waals surface area contributed by atoms with Gasteiger partial charge >= 0.3 is 0 Å². The Labute approximate surface area is 89.3 Å². The highest BCUT2D eigenvalue weighted by Crippen LogP contribution is 2.40. The predicted molar refractivity (Wildman–Crippen MR) is 61.6 cm³/mol. The summed E-state index contributed by atoms with van der Waals surface area (Å²) in [6, 6.07) is 9.22. The molecule has 3 rings (SSSR count). The van der Waals surface area contributed by atoms with E-state index in [0.717, 1.165) is 12.5 Å². The second kappa shape index (κ2) is 3.59. The van der Waals surface area contributed by atoms with Crippen molar-refractivity contribution in [3.8, 4) is 0 Å². The highest BCUT2D eigenvalue weighted by atomic mass is 32.2. The predicted octanol–water partition coefficient (Wildman–Crippen LogP) is 2.90. The molecule has 1 aromatic rings. The van der Waals surface area contributed by atoms with E-state index in [0.29, 0.717) is 5.37 Å². The summed E-state index contributed by atoms with van der Waals surface area (Å²) in [5.74, 6) is 2.13. The largest absolute Gasteiger partial charge is 0.301 e. The minimum atomic E-state index is 0.545. The van der Waals surface area contributed by atoms with E-state index in [9.17, 15) is 0 Å². The maximum atomic E-state index is 3.50. The summed E-state index contributed by atoms with van der Waals surface area (Å²) in [6.45, 7) is 1.15. The molecule has 14 heavy (non-hydrogen) atoms. The molecule has 1 aliphatic carbocycles. The van der Waals surface area contributed by atoms with Gasteiger partial charge in [0.15, 0.2) is 0 Å². The number of hydrogen-bond acceptors (Lipinski definition) is 2. The lowest BCUT2D eigenvalue weighted by Gasteiger charge is -2.10. The summed E-state index contributed by atoms with van der Waals surface area (Å²) < 4.78 is 0. The molecule has 1 atom stereocenters. The van der Waals surface area contributed by atoms with Crippen LogP contribution in [0.15, 0.2) is 24.3 Å². The summed E-state index contributed by atoms with van der Waals surface area (Å²) >= 11 is 2.01. The molecule has 1 saturated carbocycles. The number of nitrogens with one attached hydrogen (secondary N) is 1. The quantitative estimate of drug-likeness (QED) is 0.796. The summed E-state index contributed by atoms with van der Waals surface area (Å²) in [5.41, 5.74) is 2.98. The standard InChI is InChI=1S/C12H15NS/c1-2-9(1)10-3-5-11(6-4-10)12-13-7-8-14-12/h3-6,9,12-13H,1-2,7-8H2. The Hall–Kier alpha value is -0.470. The van der Waals surface area contributed by atoms with Gasteiger partial charge in [0.2, 0.25) is 0 Å². The average molecular weight is 205 g/mol. The van der Waals surface area contributed by atoms with E-state index < -0.39 is 0 Å². The summed E-state index contributed by atoms with van der Waals surface area (Å²) in [4.78, 5) is 0. The van der Waals surface area contributed by atoms with Crippen LogP contribution in [-0.4, -0.2) is 12.3 Å². The summed E-state index contributed by atoms with van der Waals surface area (Å²) in [7, 11) is 0. The van der Waals surface area contributed by atoms with Gasteiger partial charge in [0.1, 0.15) is 0 Å². The van der Waals surface area contributed by atoms with Gasteiger partial charge in [-0.2, -0.15) is 0 Å². The molecule has 1 saturated heterocycles. The average Bonchev–Trinajstić information content (AvgIpc) is 2.94. The lowest BCUT2D eigenvalue weighted by atomic mass is 10.1. The fourth-order valence-corrected chi connectivity index (χ4v) is 3.06. The molecule has 1 aromatic carbocycles. The zero-order valence-corrected chi connectivity index (χ0v) is 9.02. The van der Waals surface area contributed by atoms with Crippen LogP contribution < -0.4 is 5.32 Å². The van der Waals surface area contributed by atoms with Gasteiger partial charge < -0.3 is 5.32 Å². The van der Waals surface area contributed by atoms with Crippen LogP contribution in [-0.2, 0) is 0 Å². The molecule has 2 aliphatic rings. The van der Waals surface area contributed by atoms with E-state index in [1.807, 2.05) is 11.8 Å². The first-order chi connectivity index (χ1) is 6.93. The Morgan fingerprint density at radius 1 is 1.07 bits per heavy atom. The second-order valence-corrected chi connectivity index (χ2v) is 5.36. The van der Waals surface area contributed by atoms with Crippen molar-refractivity contribution in [3.63, 3.8) is 0 Å². The molecule has 1 nitrogen and oxygen atoms in total. The molecule has 1 aliphatic heterocycles. The Balaban J connectivity index is 1.78. The topological polar surface area (TPSA) is 12.0 Å². The van der Waals surface area contributed by atoms with E-state index in [-0.39, 0.29) is 0 Å². The first-order valence-electron chi connectivity index (χ1n) is 5.38. The van der Waals surface area contributed by atoms with Crippen molar-refractivity contribution in [1.29, 1.82) is 0 Å². The maximum absolute atomic E-state index is 3.50. The smallest absolute Gasteiger partial charge is 0.0790 e. The van der Waals surface area contributed by atoms with E-state index in [4.69, 9.17) is 0 Å². The van der Waals surface area contributed by atoms with E-state index in [1.165, 1.54) is 29.7 Å². The van der Waals surface area contributed by atoms with Crippen molar-refractivity contribution in [2.75, 3.05) is 12.3 Å². The van der Waals surface area contributed by atoms with Crippen molar-refractivity contribution in [1.82, 2.24) is 5.32 Å². The molecule has 0 amide bonds. The van der Waals surface area contributed by atoms with Crippen molar-refractivity contribution in [3.05, 3.63) is 35.4 Å². The van der Waals surface area contributed by atoms with E-state index >= 15 is 0 Å². The third-order valence-corrected chi connectivity index (χ3v) is 4.22. The van der Waals surface area contributed by atoms with Crippen LogP contribution in [0.4, 0.5) is 0 Å². The Bertz CT molecular complexity index is 310. The van der Waals surface area contributed by atoms with Gasteiger partial charge in [-0.05, 0) is 29.9 Å². The van der Waals surface area contributed by atoms with Crippen molar-refractivity contribution >= 4 is 11.8 Å². The van der Waals surface area contributed by atoms with Gasteiger partial charge in [0.25, 0.3) is 0 Å². The molecular formula is C12H15NS. The fraction of sp³-hybridized carbons (Fsp3) is 0.500. The van der Waals surface area contributed by atoms with E-state index in [2.05, 4.69) is 29.6 Å². The zero-order chi connectivity index (χ0) is 9.38. The molecule has 1 unspecified atom stereocenters. The van der Waals surface area contributed by atoms with Crippen LogP contribution in [0.25, 0.3) is 0 Å². The summed E-state index contributed by atoms with van der Waals surface area (Å²) in [5, 5.41) is 4.04. The van der Waals surface area contributed by atoms with Gasteiger partial charge in [-0.1, -0.05) is 24.3 Å². The molecular weight excluding hydrogens is 190 g/mol. The Kier molecular flexibility index (Phi) is 2.26. The molecule has 1 N–H and O–H groups in total. The first kappa shape index (κ1) is 8.81. The molecule has 0 bridgehead atoms. The van der Waals surface area contributed by atoms with Crippen molar-refractivity contribution in [2.24, 2.45) is 0 Å². The normalized spacial score (nSPS) is 26.7. The molecule has 2 heteroatoms. The lowest BCUT2D eigenvalue weighted by Crippen LogP contribution is -2.11. The first-order valence-corrected chi connectivity index (χ1v) is 6.43. The lowest BCUT2D eigenvalue weighted by molar-refractivity contribution is 0.750. The highest BCUT2D eigenvalue weighted by Gasteiger charge is 2.23. The third kappa shape index (κ3) is 1.69. The van der Waals surface area contributed by atoms with Gasteiger partial charge in [-0.25, -0.2) is 0 Å². The number of hydrogen-bond donors (Lipinski definition) is 1. The van der Waals surface area contributed by atoms with Crippen LogP contribution in [0.2, 0.25) is 0 Å². The highest BCUT2D eigenvalue weighted by molar-refractivity contribution is 7.99. The van der Waals surface area contributed by atoms with Crippen LogP contribution >= 0.6 is 11.8 Å². The Morgan fingerprint density at radius 3 is 2.36 bits per heavy atom. The van der Waals surface area contributed by atoms with Gasteiger partial charge in [0.05, 0.1) is 5.37 Å². The molecule has 1 heterocycles. The van der Waals surface area contributed by atoms with Crippen molar-refractivity contribution in [2.45, 2.75) is 24.1 Å². The summed E-state index contributed by atoms with van der Waals surface area (Å²) in [6.07, 6.45) is 2.80. The maximum Gasteiger partial charge on any atom is 0.0790 e. The SMILES string of the molecule is c1cc(C2NCCS2)ccc1C1CC1. The monoisotopic (exact) mass is 205 g/mol. The Morgan fingerprint density at radius 2 is 1.79 bits per heavy atom. The molecule has 2 fully saturated rings. The second-order valence-electron chi connectivity index (χ2n) is 4.15. The minimum Gasteiger partial charge on any atom is -0.301 e. The van der Waals surface area contributed by atoms with E-state index in [1.54, 1.807) is 0 Å². The van der Waals surface area contributed by atoms with Gasteiger partial charge in [-0.15, -0.1) is 11.8 Å². The fourth-order valence-electron chi connectivity index (χ4n) is 2.00. The zero-order valence-electron chi connectivity index (χ0n) is 8.20. The van der Waals surface area contributed by atoms with Crippen LogP contribution in [0.1, 0.15) is 35.3 Å². The minimum absolute atomic E-state index is 0.545. The van der Waals surface area contributed by atoms with Gasteiger partial charge in [0, 0.05) is 12.3 Å². The van der Waals surface area contributed by atoms with Gasteiger partial charge in [-0.3, -0.25) is 0 Å². The van der Waals surface area contributed by atoms with Crippen molar-refractivity contribution < 1.29 is 0 Å². The number of rotatable bonds is 2. The molecule has 0 aromatic heterocycles. The third-order valence-electron chi connectivity index (χ3n) is 3.00. The van der Waals surface area contributed by atoms with Crippen LogP contribution in [0.5, 0.6) is 0 Å². The van der Waals surface area contributed by atoms with Crippen LogP contribution in [0, 0.1) is 0 Å².